The lowest BCUT2D eigenvalue weighted by molar-refractivity contribution is 0.0735. The van der Waals surface area contributed by atoms with Gasteiger partial charge in [0, 0.05) is 5.56 Å². The summed E-state index contributed by atoms with van der Waals surface area (Å²) in [5.74, 6) is 1.00. The van der Waals surface area contributed by atoms with Gasteiger partial charge in [0.05, 0.1) is 0 Å². The summed E-state index contributed by atoms with van der Waals surface area (Å²) in [5, 5.41) is 10.0. The summed E-state index contributed by atoms with van der Waals surface area (Å²) < 4.78 is 11.6. The van der Waals surface area contributed by atoms with Crippen molar-refractivity contribution in [3.63, 3.8) is 0 Å². The van der Waals surface area contributed by atoms with Crippen molar-refractivity contribution in [3.05, 3.63) is 45.5 Å². The van der Waals surface area contributed by atoms with Crippen molar-refractivity contribution < 1.29 is 19.4 Å². The third-order valence-electron chi connectivity index (χ3n) is 4.23. The van der Waals surface area contributed by atoms with Gasteiger partial charge in [-0.25, -0.2) is 4.79 Å². The van der Waals surface area contributed by atoms with Crippen LogP contribution in [0.25, 0.3) is 0 Å². The number of phenols is 1. The molecule has 0 saturated heterocycles. The fraction of sp³-hybridized carbons (Fsp3) is 0.278. The van der Waals surface area contributed by atoms with Crippen molar-refractivity contribution in [3.8, 4) is 23.0 Å². The van der Waals surface area contributed by atoms with E-state index in [2.05, 4.69) is 0 Å². The molecule has 0 aliphatic carbocycles. The third-order valence-corrected chi connectivity index (χ3v) is 4.23. The van der Waals surface area contributed by atoms with Crippen molar-refractivity contribution >= 4 is 5.97 Å². The lowest BCUT2D eigenvalue weighted by atomic mass is 10.0. The number of aromatic hydroxyl groups is 1. The highest BCUT2D eigenvalue weighted by Crippen LogP contribution is 2.46. The summed E-state index contributed by atoms with van der Waals surface area (Å²) in [7, 11) is 0. The Hall–Kier alpha value is -2.49. The number of phenolic OH excluding ortho intramolecular Hbond substituents is 1. The van der Waals surface area contributed by atoms with Crippen LogP contribution < -0.4 is 9.47 Å². The van der Waals surface area contributed by atoms with E-state index in [0.717, 1.165) is 16.7 Å². The molecule has 1 aliphatic rings. The molecular formula is C18H18O4. The Balaban J connectivity index is 2.34. The van der Waals surface area contributed by atoms with Crippen molar-refractivity contribution in [1.82, 2.24) is 0 Å². The van der Waals surface area contributed by atoms with Crippen LogP contribution in [0.1, 0.15) is 38.2 Å². The van der Waals surface area contributed by atoms with Crippen LogP contribution in [0.4, 0.5) is 0 Å². The first-order valence-electron chi connectivity index (χ1n) is 7.15. The van der Waals surface area contributed by atoms with Crippen molar-refractivity contribution in [2.45, 2.75) is 34.6 Å². The van der Waals surface area contributed by atoms with Crippen LogP contribution in [0.3, 0.4) is 0 Å². The van der Waals surface area contributed by atoms with Gasteiger partial charge in [-0.3, -0.25) is 0 Å². The maximum atomic E-state index is 12.5. The van der Waals surface area contributed by atoms with Gasteiger partial charge in [-0.2, -0.15) is 0 Å². The molecule has 0 radical (unpaired) electrons. The van der Waals surface area contributed by atoms with E-state index in [9.17, 15) is 9.90 Å². The SMILES string of the molecule is Cc1cc(C)c2c(c1C)OC(=O)c1c(C)cc(O)c(C)c1O2. The monoisotopic (exact) mass is 298 g/mol. The highest BCUT2D eigenvalue weighted by atomic mass is 16.6. The third kappa shape index (κ3) is 1.95. The van der Waals surface area contributed by atoms with Crippen LogP contribution in [0.15, 0.2) is 12.1 Å². The highest BCUT2D eigenvalue weighted by Gasteiger charge is 2.30. The zero-order chi connectivity index (χ0) is 16.2. The summed E-state index contributed by atoms with van der Waals surface area (Å²) in [4.78, 5) is 12.5. The second-order valence-corrected chi connectivity index (χ2v) is 5.83. The Labute approximate surface area is 129 Å². The average Bonchev–Trinajstić information content (AvgIpc) is 2.60. The van der Waals surface area contributed by atoms with E-state index < -0.39 is 5.97 Å². The molecule has 1 N–H and O–H groups in total. The highest BCUT2D eigenvalue weighted by molar-refractivity contribution is 5.98. The maximum absolute atomic E-state index is 12.5. The summed E-state index contributed by atoms with van der Waals surface area (Å²) in [6.45, 7) is 9.26. The summed E-state index contributed by atoms with van der Waals surface area (Å²) in [6, 6.07) is 3.55. The molecule has 0 unspecified atom stereocenters. The van der Waals surface area contributed by atoms with E-state index in [1.807, 2.05) is 26.8 Å². The molecule has 0 spiro atoms. The number of rotatable bonds is 0. The number of esters is 1. The molecule has 0 bridgehead atoms. The molecule has 0 aromatic heterocycles. The Morgan fingerprint density at radius 2 is 1.45 bits per heavy atom. The van der Waals surface area contributed by atoms with Gasteiger partial charge in [0.15, 0.2) is 11.5 Å². The molecule has 3 rings (SSSR count). The molecule has 2 aromatic carbocycles. The molecule has 4 heteroatoms. The van der Waals surface area contributed by atoms with Gasteiger partial charge in [-0.1, -0.05) is 6.07 Å². The van der Waals surface area contributed by atoms with Gasteiger partial charge in [0.1, 0.15) is 17.1 Å². The Bertz CT molecular complexity index is 819. The zero-order valence-corrected chi connectivity index (χ0v) is 13.3. The minimum Gasteiger partial charge on any atom is -0.508 e. The van der Waals surface area contributed by atoms with E-state index in [4.69, 9.17) is 9.47 Å². The molecule has 4 nitrogen and oxygen atoms in total. The van der Waals surface area contributed by atoms with Crippen LogP contribution in [-0.2, 0) is 0 Å². The molecule has 0 amide bonds. The Kier molecular flexibility index (Phi) is 3.13. The standard InChI is InChI=1S/C18H18O4/c1-8-6-10(3)15-17(11(8)4)22-18(20)14-9(2)7-13(19)12(5)16(14)21-15/h6-7,19H,1-5H3. The first-order chi connectivity index (χ1) is 10.3. The topological polar surface area (TPSA) is 55.8 Å². The molecule has 0 saturated carbocycles. The normalized spacial score (nSPS) is 12.9. The predicted molar refractivity (Wildman–Crippen MR) is 83.3 cm³/mol. The average molecular weight is 298 g/mol. The summed E-state index contributed by atoms with van der Waals surface area (Å²) in [6.07, 6.45) is 0. The largest absolute Gasteiger partial charge is 0.508 e. The van der Waals surface area contributed by atoms with Crippen molar-refractivity contribution in [2.24, 2.45) is 0 Å². The van der Waals surface area contributed by atoms with E-state index in [1.165, 1.54) is 0 Å². The lowest BCUT2D eigenvalue weighted by Gasteiger charge is -2.15. The minimum atomic E-state index is -0.456. The van der Waals surface area contributed by atoms with Crippen molar-refractivity contribution in [2.75, 3.05) is 0 Å². The Morgan fingerprint density at radius 3 is 2.14 bits per heavy atom. The molecule has 114 valence electrons. The lowest BCUT2D eigenvalue weighted by Crippen LogP contribution is -2.10. The van der Waals surface area contributed by atoms with Gasteiger partial charge in [0.2, 0.25) is 0 Å². The van der Waals surface area contributed by atoms with Crippen LogP contribution >= 0.6 is 0 Å². The second kappa shape index (κ2) is 4.77. The summed E-state index contributed by atoms with van der Waals surface area (Å²) in [5.41, 5.74) is 4.32. The molecule has 1 aliphatic heterocycles. The molecule has 2 aromatic rings. The fourth-order valence-electron chi connectivity index (χ4n) is 2.77. The number of hydrogen-bond acceptors (Lipinski definition) is 4. The minimum absolute atomic E-state index is 0.106. The van der Waals surface area contributed by atoms with Crippen LogP contribution in [0.2, 0.25) is 0 Å². The molecule has 22 heavy (non-hydrogen) atoms. The number of benzene rings is 2. The fourth-order valence-corrected chi connectivity index (χ4v) is 2.77. The van der Waals surface area contributed by atoms with E-state index in [-0.39, 0.29) is 5.75 Å². The quantitative estimate of drug-likeness (QED) is 0.583. The number of aryl methyl sites for hydroxylation is 3. The number of fused-ring (bicyclic) bond motifs is 2. The van der Waals surface area contributed by atoms with Gasteiger partial charge >= 0.3 is 5.97 Å². The van der Waals surface area contributed by atoms with Gasteiger partial charge in [-0.15, -0.1) is 0 Å². The number of carbonyl (C=O) groups is 1. The van der Waals surface area contributed by atoms with E-state index >= 15 is 0 Å². The number of hydrogen-bond donors (Lipinski definition) is 1. The molecule has 1 heterocycles. The molecule has 0 atom stereocenters. The van der Waals surface area contributed by atoms with Gasteiger partial charge < -0.3 is 14.6 Å². The van der Waals surface area contributed by atoms with Gasteiger partial charge in [-0.05, 0) is 62.9 Å². The molecular weight excluding hydrogens is 280 g/mol. The smallest absolute Gasteiger partial charge is 0.347 e. The number of carbonyl (C=O) groups excluding carboxylic acids is 1. The van der Waals surface area contributed by atoms with Crippen LogP contribution in [0.5, 0.6) is 23.0 Å². The molecule has 0 fully saturated rings. The van der Waals surface area contributed by atoms with Crippen LogP contribution in [-0.4, -0.2) is 11.1 Å². The predicted octanol–water partition coefficient (Wildman–Crippen LogP) is 4.26. The number of ether oxygens (including phenoxy) is 2. The van der Waals surface area contributed by atoms with Gasteiger partial charge in [0.25, 0.3) is 0 Å². The van der Waals surface area contributed by atoms with Crippen LogP contribution in [0, 0.1) is 34.6 Å². The second-order valence-electron chi connectivity index (χ2n) is 5.83. The maximum Gasteiger partial charge on any atom is 0.347 e. The first-order valence-corrected chi connectivity index (χ1v) is 7.15. The Morgan fingerprint density at radius 1 is 0.773 bits per heavy atom. The first kappa shape index (κ1) is 14.4. The summed E-state index contributed by atoms with van der Waals surface area (Å²) >= 11 is 0. The van der Waals surface area contributed by atoms with E-state index in [1.54, 1.807) is 19.9 Å². The van der Waals surface area contributed by atoms with Crippen molar-refractivity contribution in [1.29, 1.82) is 0 Å². The zero-order valence-electron chi connectivity index (χ0n) is 13.3. The van der Waals surface area contributed by atoms with E-state index in [0.29, 0.717) is 33.9 Å².